The molecule has 2 atom stereocenters. The van der Waals surface area contributed by atoms with Gasteiger partial charge in [-0.15, -0.1) is 0 Å². The predicted octanol–water partition coefficient (Wildman–Crippen LogP) is 2.19. The first-order valence-electron chi connectivity index (χ1n) is 9.05. The van der Waals surface area contributed by atoms with Crippen molar-refractivity contribution in [3.8, 4) is 0 Å². The van der Waals surface area contributed by atoms with Gasteiger partial charge in [0.25, 0.3) is 0 Å². The Hall–Kier alpha value is -3.26. The smallest absolute Gasteiger partial charge is 0.244 e. The van der Waals surface area contributed by atoms with Gasteiger partial charge < -0.3 is 16.0 Å². The van der Waals surface area contributed by atoms with Crippen LogP contribution in [0.2, 0.25) is 0 Å². The number of nitrogens with zero attached hydrogens (tertiary/aromatic N) is 2. The number of carbonyl (C=O) groups excluding carboxylic acids is 2. The minimum Gasteiger partial charge on any atom is -0.340 e. The highest BCUT2D eigenvalue weighted by Gasteiger charge is 2.33. The van der Waals surface area contributed by atoms with Gasteiger partial charge in [-0.1, -0.05) is 12.1 Å². The quantitative estimate of drug-likeness (QED) is 0.644. The van der Waals surface area contributed by atoms with Gasteiger partial charge in [0.15, 0.2) is 0 Å². The van der Waals surface area contributed by atoms with E-state index in [2.05, 4.69) is 15.5 Å². The van der Waals surface area contributed by atoms with Crippen molar-refractivity contribution in [3.05, 3.63) is 60.0 Å². The van der Waals surface area contributed by atoms with Gasteiger partial charge in [0.2, 0.25) is 11.8 Å². The van der Waals surface area contributed by atoms with Crippen LogP contribution in [-0.4, -0.2) is 40.0 Å². The second kappa shape index (κ2) is 7.40. The van der Waals surface area contributed by atoms with Crippen LogP contribution in [0.1, 0.15) is 18.0 Å². The van der Waals surface area contributed by atoms with Crippen LogP contribution < -0.4 is 11.1 Å². The molecule has 0 saturated carbocycles. The lowest BCUT2D eigenvalue weighted by molar-refractivity contribution is -0.132. The predicted molar refractivity (Wildman–Crippen MR) is 103 cm³/mol. The molecule has 7 nitrogen and oxygen atoms in total. The van der Waals surface area contributed by atoms with Crippen molar-refractivity contribution in [1.82, 2.24) is 15.1 Å². The Bertz CT molecular complexity index is 1020. The molecular formula is C20H20FN5O2. The largest absolute Gasteiger partial charge is 0.340 e. The lowest BCUT2D eigenvalue weighted by Gasteiger charge is -2.21. The molecule has 0 aliphatic carbocycles. The number of fused-ring (bicyclic) bond motifs is 1. The van der Waals surface area contributed by atoms with E-state index in [1.807, 2.05) is 12.1 Å². The molecule has 1 aliphatic heterocycles. The number of hydrogen-bond acceptors (Lipinski definition) is 4. The summed E-state index contributed by atoms with van der Waals surface area (Å²) < 4.78 is 13.1. The number of H-pyrrole nitrogens is 1. The van der Waals surface area contributed by atoms with E-state index >= 15 is 0 Å². The van der Waals surface area contributed by atoms with Gasteiger partial charge in [0.1, 0.15) is 11.9 Å². The van der Waals surface area contributed by atoms with Gasteiger partial charge >= 0.3 is 0 Å². The average molecular weight is 381 g/mol. The number of halogens is 1. The molecule has 2 aromatic carbocycles. The fourth-order valence-electron chi connectivity index (χ4n) is 3.45. The summed E-state index contributed by atoms with van der Waals surface area (Å²) in [6, 6.07) is 10.2. The monoisotopic (exact) mass is 381 g/mol. The zero-order valence-electron chi connectivity index (χ0n) is 15.1. The molecular weight excluding hydrogens is 361 g/mol. The SMILES string of the molecule is NC(C(=O)N1CCC(C(=O)Nc2ccc3[nH]ncc3c2)C1)c1ccc(F)cc1. The number of benzene rings is 2. The van der Waals surface area contributed by atoms with E-state index in [0.29, 0.717) is 30.8 Å². The summed E-state index contributed by atoms with van der Waals surface area (Å²) >= 11 is 0. The minimum absolute atomic E-state index is 0.131. The van der Waals surface area contributed by atoms with Gasteiger partial charge in [-0.25, -0.2) is 4.39 Å². The van der Waals surface area contributed by atoms with E-state index in [9.17, 15) is 14.0 Å². The van der Waals surface area contributed by atoms with Crippen molar-refractivity contribution in [3.63, 3.8) is 0 Å². The summed E-state index contributed by atoms with van der Waals surface area (Å²) in [4.78, 5) is 26.8. The first-order chi connectivity index (χ1) is 13.5. The maximum absolute atomic E-state index is 13.1. The molecule has 0 bridgehead atoms. The van der Waals surface area contributed by atoms with E-state index in [4.69, 9.17) is 5.73 Å². The Morgan fingerprint density at radius 3 is 2.82 bits per heavy atom. The maximum Gasteiger partial charge on any atom is 0.244 e. The molecule has 28 heavy (non-hydrogen) atoms. The molecule has 0 spiro atoms. The van der Waals surface area contributed by atoms with Gasteiger partial charge in [0, 0.05) is 24.2 Å². The van der Waals surface area contributed by atoms with E-state index in [-0.39, 0.29) is 23.5 Å². The van der Waals surface area contributed by atoms with Crippen molar-refractivity contribution in [2.24, 2.45) is 11.7 Å². The second-order valence-electron chi connectivity index (χ2n) is 6.96. The van der Waals surface area contributed by atoms with Crippen LogP contribution in [0.4, 0.5) is 10.1 Å². The molecule has 2 unspecified atom stereocenters. The number of hydrogen-bond donors (Lipinski definition) is 3. The van der Waals surface area contributed by atoms with E-state index < -0.39 is 6.04 Å². The molecule has 1 aromatic heterocycles. The number of nitrogens with one attached hydrogen (secondary N) is 2. The van der Waals surface area contributed by atoms with Crippen LogP contribution in [0.25, 0.3) is 10.9 Å². The van der Waals surface area contributed by atoms with Crippen LogP contribution in [0, 0.1) is 11.7 Å². The van der Waals surface area contributed by atoms with Gasteiger partial charge in [-0.05, 0) is 42.3 Å². The standard InChI is InChI=1S/C20H20FN5O2/c21-15-3-1-12(2-4-15)18(22)20(28)26-8-7-13(11-26)19(27)24-16-5-6-17-14(9-16)10-23-25-17/h1-6,9-10,13,18H,7-8,11,22H2,(H,23,25)(H,24,27). The topological polar surface area (TPSA) is 104 Å². The Balaban J connectivity index is 1.38. The lowest BCUT2D eigenvalue weighted by atomic mass is 10.1. The molecule has 4 N–H and O–H groups in total. The minimum atomic E-state index is -0.870. The number of carbonyl (C=O) groups is 2. The van der Waals surface area contributed by atoms with Crippen molar-refractivity contribution < 1.29 is 14.0 Å². The van der Waals surface area contributed by atoms with Crippen LogP contribution in [0.5, 0.6) is 0 Å². The molecule has 4 rings (SSSR count). The van der Waals surface area contributed by atoms with E-state index in [1.54, 1.807) is 17.2 Å². The van der Waals surface area contributed by atoms with Crippen LogP contribution in [0.15, 0.2) is 48.7 Å². The highest BCUT2D eigenvalue weighted by Crippen LogP contribution is 2.23. The second-order valence-corrected chi connectivity index (χ2v) is 6.96. The fourth-order valence-corrected chi connectivity index (χ4v) is 3.45. The number of likely N-dealkylation sites (tertiary alicyclic amines) is 1. The van der Waals surface area contributed by atoms with Crippen LogP contribution >= 0.6 is 0 Å². The molecule has 144 valence electrons. The third-order valence-corrected chi connectivity index (χ3v) is 5.07. The van der Waals surface area contributed by atoms with Crippen molar-refractivity contribution in [2.75, 3.05) is 18.4 Å². The molecule has 8 heteroatoms. The van der Waals surface area contributed by atoms with Crippen molar-refractivity contribution in [1.29, 1.82) is 0 Å². The number of amides is 2. The molecule has 1 saturated heterocycles. The summed E-state index contributed by atoms with van der Waals surface area (Å²) in [6.07, 6.45) is 2.26. The Morgan fingerprint density at radius 1 is 1.25 bits per heavy atom. The lowest BCUT2D eigenvalue weighted by Crippen LogP contribution is -2.38. The Labute approximate surface area is 160 Å². The zero-order chi connectivity index (χ0) is 19.7. The normalized spacial score (nSPS) is 17.6. The summed E-state index contributed by atoms with van der Waals surface area (Å²) in [6.45, 7) is 0.778. The number of anilines is 1. The summed E-state index contributed by atoms with van der Waals surface area (Å²) in [5.74, 6) is -1.07. The molecule has 2 heterocycles. The number of aromatic nitrogens is 2. The zero-order valence-corrected chi connectivity index (χ0v) is 15.1. The Kier molecular flexibility index (Phi) is 4.79. The summed E-state index contributed by atoms with van der Waals surface area (Å²) in [5, 5.41) is 10.6. The maximum atomic E-state index is 13.1. The fraction of sp³-hybridized carbons (Fsp3) is 0.250. The van der Waals surface area contributed by atoms with Gasteiger partial charge in [-0.3, -0.25) is 14.7 Å². The van der Waals surface area contributed by atoms with E-state index in [0.717, 1.165) is 10.9 Å². The summed E-state index contributed by atoms with van der Waals surface area (Å²) in [5.41, 5.74) is 8.16. The Morgan fingerprint density at radius 2 is 2.04 bits per heavy atom. The summed E-state index contributed by atoms with van der Waals surface area (Å²) in [7, 11) is 0. The first kappa shape index (κ1) is 18.1. The number of nitrogens with two attached hydrogens (primary N) is 1. The van der Waals surface area contributed by atoms with Gasteiger partial charge in [0.05, 0.1) is 17.6 Å². The average Bonchev–Trinajstić information content (AvgIpc) is 3.36. The number of aromatic amines is 1. The van der Waals surface area contributed by atoms with E-state index in [1.165, 1.54) is 24.3 Å². The first-order valence-corrected chi connectivity index (χ1v) is 9.05. The highest BCUT2D eigenvalue weighted by molar-refractivity contribution is 5.95. The number of rotatable bonds is 4. The molecule has 3 aromatic rings. The highest BCUT2D eigenvalue weighted by atomic mass is 19.1. The third-order valence-electron chi connectivity index (χ3n) is 5.07. The van der Waals surface area contributed by atoms with Crippen molar-refractivity contribution >= 4 is 28.4 Å². The molecule has 2 amide bonds. The van der Waals surface area contributed by atoms with Crippen LogP contribution in [0.3, 0.4) is 0 Å². The van der Waals surface area contributed by atoms with Crippen molar-refractivity contribution in [2.45, 2.75) is 12.5 Å². The molecule has 0 radical (unpaired) electrons. The molecule has 1 aliphatic rings. The van der Waals surface area contributed by atoms with Crippen LogP contribution in [-0.2, 0) is 9.59 Å². The molecule has 1 fully saturated rings. The van der Waals surface area contributed by atoms with Gasteiger partial charge in [-0.2, -0.15) is 5.10 Å². The third kappa shape index (κ3) is 3.59.